The third kappa shape index (κ3) is 3.33. The number of sulfonamides is 1. The maximum absolute atomic E-state index is 12.7. The fourth-order valence-corrected chi connectivity index (χ4v) is 4.76. The van der Waals surface area contributed by atoms with Crippen LogP contribution < -0.4 is 5.32 Å². The van der Waals surface area contributed by atoms with Crippen molar-refractivity contribution in [1.29, 1.82) is 0 Å². The summed E-state index contributed by atoms with van der Waals surface area (Å²) in [5, 5.41) is 2.91. The van der Waals surface area contributed by atoms with E-state index in [2.05, 4.69) is 21.2 Å². The first-order chi connectivity index (χ1) is 9.93. The fourth-order valence-electron chi connectivity index (χ4n) is 2.33. The summed E-state index contributed by atoms with van der Waals surface area (Å²) in [7, 11) is 1.21. The van der Waals surface area contributed by atoms with Crippen molar-refractivity contribution in [2.24, 2.45) is 0 Å². The second kappa shape index (κ2) is 6.76. The highest BCUT2D eigenvalue weighted by Crippen LogP contribution is 2.31. The Morgan fingerprint density at radius 2 is 1.95 bits per heavy atom. The lowest BCUT2D eigenvalue weighted by Crippen LogP contribution is -2.30. The Kier molecular flexibility index (Phi) is 5.44. The Bertz CT molecular complexity index is 576. The monoisotopic (exact) mass is 382 g/mol. The van der Waals surface area contributed by atoms with Crippen LogP contribution in [0, 0.1) is 0 Å². The Balaban J connectivity index is 2.26. The molecular formula is C12H19BrN2O5S. The number of methoxy groups -OCH3 is 2. The lowest BCUT2D eigenvalue weighted by atomic mass is 10.3. The van der Waals surface area contributed by atoms with E-state index in [4.69, 9.17) is 13.9 Å². The Hall–Kier alpha value is -0.450. The second-order valence-electron chi connectivity index (χ2n) is 4.75. The van der Waals surface area contributed by atoms with Gasteiger partial charge in [-0.3, -0.25) is 0 Å². The molecule has 0 amide bonds. The zero-order valence-corrected chi connectivity index (χ0v) is 14.5. The molecule has 0 aliphatic carbocycles. The van der Waals surface area contributed by atoms with Gasteiger partial charge in [0.25, 0.3) is 0 Å². The second-order valence-corrected chi connectivity index (χ2v) is 7.38. The van der Waals surface area contributed by atoms with Gasteiger partial charge in [-0.25, -0.2) is 8.42 Å². The van der Waals surface area contributed by atoms with E-state index in [0.717, 1.165) is 0 Å². The lowest BCUT2D eigenvalue weighted by molar-refractivity contribution is -0.00461. The maximum atomic E-state index is 12.7. The normalized spacial score (nSPS) is 23.8. The van der Waals surface area contributed by atoms with Gasteiger partial charge >= 0.3 is 0 Å². The molecule has 1 fully saturated rings. The molecule has 120 valence electrons. The van der Waals surface area contributed by atoms with Gasteiger partial charge < -0.3 is 19.2 Å². The topological polar surface area (TPSA) is 81.0 Å². The number of hydrogen-bond donors (Lipinski definition) is 1. The average molecular weight is 383 g/mol. The van der Waals surface area contributed by atoms with Crippen molar-refractivity contribution in [2.75, 3.05) is 34.4 Å². The summed E-state index contributed by atoms with van der Waals surface area (Å²) in [5.41, 5.74) is 0. The van der Waals surface area contributed by atoms with Crippen LogP contribution in [0.3, 0.4) is 0 Å². The first kappa shape index (κ1) is 16.9. The minimum Gasteiger partial charge on any atom is -0.452 e. The molecule has 2 atom stereocenters. The summed E-state index contributed by atoms with van der Waals surface area (Å²) in [5.74, 6) is 0.550. The van der Waals surface area contributed by atoms with E-state index >= 15 is 0 Å². The van der Waals surface area contributed by atoms with Crippen LogP contribution in [0.15, 0.2) is 20.0 Å². The number of nitrogens with zero attached hydrogens (tertiary/aromatic N) is 1. The molecule has 2 unspecified atom stereocenters. The van der Waals surface area contributed by atoms with E-state index in [1.165, 1.54) is 10.4 Å². The summed E-state index contributed by atoms with van der Waals surface area (Å²) < 4.78 is 42.9. The van der Waals surface area contributed by atoms with E-state index in [-0.39, 0.29) is 34.9 Å². The predicted octanol–water partition coefficient (Wildman–Crippen LogP) is 0.796. The summed E-state index contributed by atoms with van der Waals surface area (Å²) in [6.45, 7) is 0.974. The van der Waals surface area contributed by atoms with Crippen molar-refractivity contribution in [3.63, 3.8) is 0 Å². The molecule has 0 bridgehead atoms. The van der Waals surface area contributed by atoms with Crippen LogP contribution in [0.5, 0.6) is 0 Å². The minimum atomic E-state index is -3.65. The fraction of sp³-hybridized carbons (Fsp3) is 0.667. The Morgan fingerprint density at radius 1 is 1.38 bits per heavy atom. The largest absolute Gasteiger partial charge is 0.452 e. The third-order valence-electron chi connectivity index (χ3n) is 3.46. The Morgan fingerprint density at radius 3 is 2.43 bits per heavy atom. The van der Waals surface area contributed by atoms with Crippen molar-refractivity contribution >= 4 is 26.0 Å². The zero-order valence-electron chi connectivity index (χ0n) is 12.1. The summed E-state index contributed by atoms with van der Waals surface area (Å²) in [4.78, 5) is 0.124. The van der Waals surface area contributed by atoms with Gasteiger partial charge in [0, 0.05) is 33.4 Å². The molecule has 1 aromatic heterocycles. The molecule has 0 radical (unpaired) electrons. The van der Waals surface area contributed by atoms with Crippen LogP contribution in [-0.2, 0) is 26.0 Å². The van der Waals surface area contributed by atoms with Gasteiger partial charge in [0.2, 0.25) is 10.0 Å². The molecular weight excluding hydrogens is 364 g/mol. The smallest absolute Gasteiger partial charge is 0.247 e. The van der Waals surface area contributed by atoms with E-state index in [1.807, 2.05) is 0 Å². The number of rotatable bonds is 6. The van der Waals surface area contributed by atoms with Crippen LogP contribution in [0.4, 0.5) is 0 Å². The van der Waals surface area contributed by atoms with Crippen LogP contribution >= 0.6 is 15.9 Å². The van der Waals surface area contributed by atoms with Gasteiger partial charge in [-0.15, -0.1) is 0 Å². The van der Waals surface area contributed by atoms with Gasteiger partial charge in [0.15, 0.2) is 4.67 Å². The Labute approximate surface area is 132 Å². The number of furan rings is 1. The van der Waals surface area contributed by atoms with Crippen LogP contribution in [0.1, 0.15) is 5.76 Å². The number of hydrogen-bond acceptors (Lipinski definition) is 6. The number of halogens is 1. The molecule has 2 rings (SSSR count). The van der Waals surface area contributed by atoms with Gasteiger partial charge in [-0.1, -0.05) is 0 Å². The van der Waals surface area contributed by atoms with Gasteiger partial charge in [0.1, 0.15) is 10.7 Å². The molecule has 21 heavy (non-hydrogen) atoms. The molecule has 1 aliphatic rings. The summed E-state index contributed by atoms with van der Waals surface area (Å²) in [6, 6.07) is 1.53. The van der Waals surface area contributed by atoms with Crippen molar-refractivity contribution < 1.29 is 22.3 Å². The maximum Gasteiger partial charge on any atom is 0.247 e. The molecule has 2 heterocycles. The first-order valence-corrected chi connectivity index (χ1v) is 8.65. The number of nitrogens with one attached hydrogen (secondary N) is 1. The molecule has 1 saturated heterocycles. The van der Waals surface area contributed by atoms with Crippen LogP contribution in [-0.4, -0.2) is 59.3 Å². The van der Waals surface area contributed by atoms with E-state index in [0.29, 0.717) is 12.3 Å². The lowest BCUT2D eigenvalue weighted by Gasteiger charge is -2.14. The van der Waals surface area contributed by atoms with Gasteiger partial charge in [-0.05, 0) is 23.0 Å². The van der Waals surface area contributed by atoms with Crippen molar-refractivity contribution in [3.8, 4) is 0 Å². The summed E-state index contributed by atoms with van der Waals surface area (Å²) >= 11 is 3.17. The van der Waals surface area contributed by atoms with Crippen LogP contribution in [0.25, 0.3) is 0 Å². The van der Waals surface area contributed by atoms with Crippen molar-refractivity contribution in [1.82, 2.24) is 9.62 Å². The van der Waals surface area contributed by atoms with Gasteiger partial charge in [-0.2, -0.15) is 4.31 Å². The molecule has 0 saturated carbocycles. The van der Waals surface area contributed by atoms with E-state index in [9.17, 15) is 8.42 Å². The molecule has 0 spiro atoms. The molecule has 1 N–H and O–H groups in total. The van der Waals surface area contributed by atoms with E-state index < -0.39 is 10.0 Å². The number of ether oxygens (including phenoxy) is 2. The molecule has 7 nitrogen and oxygen atoms in total. The third-order valence-corrected chi connectivity index (χ3v) is 6.15. The van der Waals surface area contributed by atoms with Gasteiger partial charge in [0.05, 0.1) is 18.8 Å². The highest BCUT2D eigenvalue weighted by Gasteiger charge is 2.41. The molecule has 1 aliphatic heterocycles. The zero-order chi connectivity index (χ0) is 15.6. The minimum absolute atomic E-state index is 0.124. The standard InChI is InChI=1S/C12H19BrN2O5S/c1-14-5-8-4-11(12(13)20-8)21(16,17)15-6-9(18-2)10(7-15)19-3/h4,9-10,14H,5-7H2,1-3H3. The highest BCUT2D eigenvalue weighted by atomic mass is 79.9. The first-order valence-electron chi connectivity index (χ1n) is 6.42. The SMILES string of the molecule is CNCc1cc(S(=O)(=O)N2CC(OC)C(OC)C2)c(Br)o1. The van der Waals surface area contributed by atoms with Crippen molar-refractivity contribution in [2.45, 2.75) is 23.6 Å². The summed E-state index contributed by atoms with van der Waals surface area (Å²) in [6.07, 6.45) is -0.542. The quantitative estimate of drug-likeness (QED) is 0.783. The van der Waals surface area contributed by atoms with Crippen molar-refractivity contribution in [3.05, 3.63) is 16.5 Å². The molecule has 9 heteroatoms. The average Bonchev–Trinajstić information content (AvgIpc) is 3.03. The molecule has 1 aromatic rings. The van der Waals surface area contributed by atoms with E-state index in [1.54, 1.807) is 21.3 Å². The predicted molar refractivity (Wildman–Crippen MR) is 79.5 cm³/mol. The highest BCUT2D eigenvalue weighted by molar-refractivity contribution is 9.10. The molecule has 0 aromatic carbocycles. The van der Waals surface area contributed by atoms with Crippen LogP contribution in [0.2, 0.25) is 0 Å².